The molecule has 2 aromatic carbocycles. The molecule has 0 atom stereocenters. The summed E-state index contributed by atoms with van der Waals surface area (Å²) < 4.78 is 0. The summed E-state index contributed by atoms with van der Waals surface area (Å²) in [5.41, 5.74) is 3.19. The fraction of sp³-hybridized carbons (Fsp3) is 0.150. The van der Waals surface area contributed by atoms with E-state index in [0.29, 0.717) is 11.6 Å². The Hall–Kier alpha value is -3.21. The van der Waals surface area contributed by atoms with E-state index >= 15 is 0 Å². The Bertz CT molecular complexity index is 864. The van der Waals surface area contributed by atoms with E-state index in [1.807, 2.05) is 66.5 Å². The third kappa shape index (κ3) is 3.83. The third-order valence-electron chi connectivity index (χ3n) is 3.97. The highest BCUT2D eigenvalue weighted by atomic mass is 16.1. The van der Waals surface area contributed by atoms with Gasteiger partial charge in [-0.1, -0.05) is 43.3 Å². The number of nitrogens with one attached hydrogen (secondary N) is 1. The van der Waals surface area contributed by atoms with Crippen LogP contribution >= 0.6 is 0 Å². The lowest BCUT2D eigenvalue weighted by Crippen LogP contribution is -2.18. The first-order chi connectivity index (χ1) is 12.2. The van der Waals surface area contributed by atoms with Gasteiger partial charge in [0.2, 0.25) is 5.95 Å². The third-order valence-corrected chi connectivity index (χ3v) is 3.97. The molecular formula is C20H20N4O. The summed E-state index contributed by atoms with van der Waals surface area (Å²) in [7, 11) is 1.87. The second-order valence-electron chi connectivity index (χ2n) is 5.60. The summed E-state index contributed by atoms with van der Waals surface area (Å²) in [6.07, 6.45) is 2.45. The minimum absolute atomic E-state index is 0.244. The summed E-state index contributed by atoms with van der Waals surface area (Å²) in [6.45, 7) is 2.06. The van der Waals surface area contributed by atoms with E-state index in [9.17, 15) is 4.79 Å². The molecule has 3 aromatic rings. The van der Waals surface area contributed by atoms with Crippen molar-refractivity contribution in [1.82, 2.24) is 9.97 Å². The zero-order valence-corrected chi connectivity index (χ0v) is 14.3. The number of aromatic nitrogens is 2. The van der Waals surface area contributed by atoms with Crippen LogP contribution in [0, 0.1) is 0 Å². The fourth-order valence-electron chi connectivity index (χ4n) is 2.54. The zero-order chi connectivity index (χ0) is 17.6. The SMILES string of the molecule is CCc1ccccc1NC(=O)c1ccnc(N(C)c2ccccc2)n1. The van der Waals surface area contributed by atoms with E-state index in [0.717, 1.165) is 23.4 Å². The van der Waals surface area contributed by atoms with Crippen LogP contribution in [-0.2, 0) is 6.42 Å². The molecule has 1 aromatic heterocycles. The first kappa shape index (κ1) is 16.6. The van der Waals surface area contributed by atoms with Crippen LogP contribution < -0.4 is 10.2 Å². The quantitative estimate of drug-likeness (QED) is 0.765. The molecule has 1 N–H and O–H groups in total. The Morgan fingerprint density at radius 3 is 2.52 bits per heavy atom. The zero-order valence-electron chi connectivity index (χ0n) is 14.3. The van der Waals surface area contributed by atoms with Gasteiger partial charge in [0, 0.05) is 24.6 Å². The van der Waals surface area contributed by atoms with Gasteiger partial charge in [-0.15, -0.1) is 0 Å². The monoisotopic (exact) mass is 332 g/mol. The lowest BCUT2D eigenvalue weighted by Gasteiger charge is -2.17. The number of hydrogen-bond donors (Lipinski definition) is 1. The number of para-hydroxylation sites is 2. The van der Waals surface area contributed by atoms with Gasteiger partial charge < -0.3 is 10.2 Å². The molecule has 0 aliphatic rings. The number of benzene rings is 2. The molecule has 0 aliphatic heterocycles. The van der Waals surface area contributed by atoms with Gasteiger partial charge in [-0.05, 0) is 36.2 Å². The Morgan fingerprint density at radius 1 is 1.04 bits per heavy atom. The molecule has 0 fully saturated rings. The van der Waals surface area contributed by atoms with Crippen molar-refractivity contribution in [3.05, 3.63) is 78.1 Å². The van der Waals surface area contributed by atoms with E-state index in [4.69, 9.17) is 0 Å². The summed E-state index contributed by atoms with van der Waals surface area (Å²) in [5.74, 6) is 0.230. The predicted molar refractivity (Wildman–Crippen MR) is 100 cm³/mol. The predicted octanol–water partition coefficient (Wildman–Crippen LogP) is 4.06. The van der Waals surface area contributed by atoms with Crippen molar-refractivity contribution in [2.24, 2.45) is 0 Å². The molecule has 0 spiro atoms. The van der Waals surface area contributed by atoms with Crippen LogP contribution in [0.25, 0.3) is 0 Å². The number of rotatable bonds is 5. The number of amides is 1. The molecule has 126 valence electrons. The Balaban J connectivity index is 1.82. The number of aryl methyl sites for hydroxylation is 1. The Morgan fingerprint density at radius 2 is 1.76 bits per heavy atom. The van der Waals surface area contributed by atoms with Gasteiger partial charge in [-0.25, -0.2) is 9.97 Å². The maximum absolute atomic E-state index is 12.6. The molecule has 25 heavy (non-hydrogen) atoms. The van der Waals surface area contributed by atoms with Gasteiger partial charge in [0.25, 0.3) is 5.91 Å². The number of hydrogen-bond acceptors (Lipinski definition) is 4. The van der Waals surface area contributed by atoms with Crippen LogP contribution in [0.2, 0.25) is 0 Å². The smallest absolute Gasteiger partial charge is 0.274 e. The van der Waals surface area contributed by atoms with Crippen molar-refractivity contribution in [3.63, 3.8) is 0 Å². The molecule has 0 saturated heterocycles. The Labute approximate surface area is 147 Å². The van der Waals surface area contributed by atoms with Gasteiger partial charge in [0.1, 0.15) is 5.69 Å². The highest BCUT2D eigenvalue weighted by molar-refractivity contribution is 6.03. The number of carbonyl (C=O) groups is 1. The second kappa shape index (κ2) is 7.57. The van der Waals surface area contributed by atoms with Crippen molar-refractivity contribution < 1.29 is 4.79 Å². The van der Waals surface area contributed by atoms with E-state index < -0.39 is 0 Å². The van der Waals surface area contributed by atoms with Gasteiger partial charge in [-0.3, -0.25) is 4.79 Å². The number of nitrogens with zero attached hydrogens (tertiary/aromatic N) is 3. The highest BCUT2D eigenvalue weighted by Crippen LogP contribution is 2.20. The number of carbonyl (C=O) groups excluding carboxylic acids is 1. The van der Waals surface area contributed by atoms with Crippen LogP contribution in [0.1, 0.15) is 23.0 Å². The average molecular weight is 332 g/mol. The molecule has 3 rings (SSSR count). The lowest BCUT2D eigenvalue weighted by atomic mass is 10.1. The van der Waals surface area contributed by atoms with Crippen LogP contribution in [0.4, 0.5) is 17.3 Å². The molecule has 0 saturated carbocycles. The van der Waals surface area contributed by atoms with Crippen molar-refractivity contribution in [3.8, 4) is 0 Å². The molecular weight excluding hydrogens is 312 g/mol. The van der Waals surface area contributed by atoms with Crippen LogP contribution in [-0.4, -0.2) is 22.9 Å². The maximum Gasteiger partial charge on any atom is 0.274 e. The Kier molecular flexibility index (Phi) is 5.04. The van der Waals surface area contributed by atoms with Crippen molar-refractivity contribution >= 4 is 23.2 Å². The minimum Gasteiger partial charge on any atom is -0.320 e. The average Bonchev–Trinajstić information content (AvgIpc) is 2.68. The standard InChI is InChI=1S/C20H20N4O/c1-3-15-9-7-8-12-17(15)22-19(25)18-13-14-21-20(23-18)24(2)16-10-5-4-6-11-16/h4-14H,3H2,1-2H3,(H,22,25). The van der Waals surface area contributed by atoms with Crippen LogP contribution in [0.5, 0.6) is 0 Å². The van der Waals surface area contributed by atoms with Gasteiger partial charge in [0.05, 0.1) is 0 Å². The molecule has 0 aliphatic carbocycles. The fourth-order valence-corrected chi connectivity index (χ4v) is 2.54. The van der Waals surface area contributed by atoms with E-state index in [2.05, 4.69) is 22.2 Å². The van der Waals surface area contributed by atoms with Gasteiger partial charge >= 0.3 is 0 Å². The highest BCUT2D eigenvalue weighted by Gasteiger charge is 2.13. The van der Waals surface area contributed by atoms with Gasteiger partial charge in [-0.2, -0.15) is 0 Å². The van der Waals surface area contributed by atoms with Crippen molar-refractivity contribution in [2.45, 2.75) is 13.3 Å². The van der Waals surface area contributed by atoms with E-state index in [-0.39, 0.29) is 5.91 Å². The van der Waals surface area contributed by atoms with Gasteiger partial charge in [0.15, 0.2) is 0 Å². The summed E-state index contributed by atoms with van der Waals surface area (Å²) in [6, 6.07) is 19.2. The van der Waals surface area contributed by atoms with E-state index in [1.165, 1.54) is 0 Å². The van der Waals surface area contributed by atoms with Crippen molar-refractivity contribution in [1.29, 1.82) is 0 Å². The van der Waals surface area contributed by atoms with Crippen molar-refractivity contribution in [2.75, 3.05) is 17.3 Å². The minimum atomic E-state index is -0.244. The molecule has 1 heterocycles. The molecule has 0 radical (unpaired) electrons. The molecule has 1 amide bonds. The van der Waals surface area contributed by atoms with Crippen LogP contribution in [0.15, 0.2) is 66.9 Å². The first-order valence-electron chi connectivity index (χ1n) is 8.20. The second-order valence-corrected chi connectivity index (χ2v) is 5.60. The van der Waals surface area contributed by atoms with Crippen LogP contribution in [0.3, 0.4) is 0 Å². The molecule has 0 bridgehead atoms. The summed E-state index contributed by atoms with van der Waals surface area (Å²) in [4.78, 5) is 23.1. The summed E-state index contributed by atoms with van der Waals surface area (Å²) in [5, 5.41) is 2.94. The molecule has 5 heteroatoms. The number of anilines is 3. The lowest BCUT2D eigenvalue weighted by molar-refractivity contribution is 0.102. The summed E-state index contributed by atoms with van der Waals surface area (Å²) >= 11 is 0. The topological polar surface area (TPSA) is 58.1 Å². The van der Waals surface area contributed by atoms with E-state index in [1.54, 1.807) is 12.3 Å². The molecule has 0 unspecified atom stereocenters. The molecule has 5 nitrogen and oxygen atoms in total. The maximum atomic E-state index is 12.6. The first-order valence-corrected chi connectivity index (χ1v) is 8.20. The largest absolute Gasteiger partial charge is 0.320 e. The normalized spacial score (nSPS) is 10.3.